The highest BCUT2D eigenvalue weighted by molar-refractivity contribution is 6.31. The summed E-state index contributed by atoms with van der Waals surface area (Å²) in [6.07, 6.45) is 0. The average molecular weight is 376 g/mol. The van der Waals surface area contributed by atoms with Gasteiger partial charge in [-0.3, -0.25) is 14.5 Å². The van der Waals surface area contributed by atoms with E-state index < -0.39 is 0 Å². The van der Waals surface area contributed by atoms with E-state index in [0.717, 1.165) is 24.3 Å². The van der Waals surface area contributed by atoms with Gasteiger partial charge in [0.1, 0.15) is 5.56 Å². The van der Waals surface area contributed by atoms with Crippen LogP contribution in [0.2, 0.25) is 5.02 Å². The van der Waals surface area contributed by atoms with Crippen LogP contribution < -0.4 is 10.9 Å². The number of rotatable bonds is 7. The smallest absolute Gasteiger partial charge is 0.263 e. The fourth-order valence-electron chi connectivity index (χ4n) is 3.03. The number of halogens is 1. The van der Waals surface area contributed by atoms with E-state index in [1.165, 1.54) is 4.57 Å². The Morgan fingerprint density at radius 1 is 1.19 bits per heavy atom. The summed E-state index contributed by atoms with van der Waals surface area (Å²) in [7, 11) is 1.66. The van der Waals surface area contributed by atoms with Gasteiger partial charge in [-0.2, -0.15) is 0 Å². The first-order valence-electron chi connectivity index (χ1n) is 8.84. The molecular formula is C20H26ClN3O2. The Balaban J connectivity index is 2.25. The number of pyridine rings is 1. The molecule has 0 aliphatic carbocycles. The number of nitrogens with zero attached hydrogens (tertiary/aromatic N) is 2. The van der Waals surface area contributed by atoms with Crippen LogP contribution >= 0.6 is 11.6 Å². The van der Waals surface area contributed by atoms with Crippen molar-refractivity contribution in [3.05, 3.63) is 68.6 Å². The molecule has 0 fully saturated rings. The number of carbonyl (C=O) groups is 1. The molecule has 0 saturated heterocycles. The van der Waals surface area contributed by atoms with E-state index in [2.05, 4.69) is 24.1 Å². The molecule has 0 bridgehead atoms. The summed E-state index contributed by atoms with van der Waals surface area (Å²) in [4.78, 5) is 27.1. The minimum atomic E-state index is -0.366. The largest absolute Gasteiger partial charge is 0.350 e. The summed E-state index contributed by atoms with van der Waals surface area (Å²) in [5.74, 6) is -0.366. The van der Waals surface area contributed by atoms with E-state index in [4.69, 9.17) is 11.6 Å². The summed E-state index contributed by atoms with van der Waals surface area (Å²) >= 11 is 6.38. The van der Waals surface area contributed by atoms with Crippen LogP contribution in [0.5, 0.6) is 0 Å². The summed E-state index contributed by atoms with van der Waals surface area (Å²) in [6.45, 7) is 8.01. The normalized spacial score (nSPS) is 12.2. The summed E-state index contributed by atoms with van der Waals surface area (Å²) in [5.41, 5.74) is 1.63. The van der Waals surface area contributed by atoms with Crippen LogP contribution in [0.15, 0.2) is 41.2 Å². The molecule has 0 aliphatic rings. The van der Waals surface area contributed by atoms with Gasteiger partial charge in [0.25, 0.3) is 11.5 Å². The van der Waals surface area contributed by atoms with Gasteiger partial charge in [-0.1, -0.05) is 43.6 Å². The Morgan fingerprint density at radius 2 is 1.85 bits per heavy atom. The molecule has 1 aromatic heterocycles. The van der Waals surface area contributed by atoms with Crippen molar-refractivity contribution < 1.29 is 4.79 Å². The maximum Gasteiger partial charge on any atom is 0.263 e. The number of aromatic nitrogens is 1. The molecular weight excluding hydrogens is 350 g/mol. The second-order valence-electron chi connectivity index (χ2n) is 6.22. The maximum atomic E-state index is 12.6. The van der Waals surface area contributed by atoms with E-state index in [1.54, 1.807) is 19.2 Å². The minimum Gasteiger partial charge on any atom is -0.350 e. The molecule has 1 amide bonds. The molecule has 0 radical (unpaired) electrons. The topological polar surface area (TPSA) is 54.3 Å². The van der Waals surface area contributed by atoms with Crippen LogP contribution in [0.25, 0.3) is 0 Å². The summed E-state index contributed by atoms with van der Waals surface area (Å²) < 4.78 is 1.48. The van der Waals surface area contributed by atoms with Crippen molar-refractivity contribution in [1.29, 1.82) is 0 Å². The predicted molar refractivity (Wildman–Crippen MR) is 106 cm³/mol. The molecule has 1 heterocycles. The molecule has 0 aliphatic heterocycles. The van der Waals surface area contributed by atoms with Gasteiger partial charge < -0.3 is 9.88 Å². The van der Waals surface area contributed by atoms with Crippen molar-refractivity contribution in [2.24, 2.45) is 7.05 Å². The zero-order chi connectivity index (χ0) is 19.3. The molecule has 140 valence electrons. The monoisotopic (exact) mass is 375 g/mol. The number of nitrogens with one attached hydrogen (secondary N) is 1. The van der Waals surface area contributed by atoms with E-state index in [-0.39, 0.29) is 23.1 Å². The van der Waals surface area contributed by atoms with E-state index >= 15 is 0 Å². The van der Waals surface area contributed by atoms with Crippen LogP contribution in [0.1, 0.15) is 41.5 Å². The predicted octanol–water partition coefficient (Wildman–Crippen LogP) is 3.16. The standard InChI is InChI=1S/C20H26ClN3O2/c1-5-24(6-2)18(15-9-7-8-10-17(15)21)13-22-19(25)16-12-11-14(3)23(4)20(16)26/h7-12,18H,5-6,13H2,1-4H3,(H,22,25)/t18-/m0/s1. The number of aryl methyl sites for hydroxylation is 1. The zero-order valence-corrected chi connectivity index (χ0v) is 16.5. The molecule has 26 heavy (non-hydrogen) atoms. The Hall–Kier alpha value is -2.11. The third-order valence-electron chi connectivity index (χ3n) is 4.77. The van der Waals surface area contributed by atoms with Crippen molar-refractivity contribution in [3.8, 4) is 0 Å². The van der Waals surface area contributed by atoms with Gasteiger partial charge in [0.15, 0.2) is 0 Å². The van der Waals surface area contributed by atoms with Crippen molar-refractivity contribution in [1.82, 2.24) is 14.8 Å². The molecule has 0 saturated carbocycles. The van der Waals surface area contributed by atoms with Crippen LogP contribution in [0.4, 0.5) is 0 Å². The molecule has 1 atom stereocenters. The van der Waals surface area contributed by atoms with Crippen molar-refractivity contribution in [2.45, 2.75) is 26.8 Å². The SMILES string of the molecule is CCN(CC)[C@@H](CNC(=O)c1ccc(C)n(C)c1=O)c1ccccc1Cl. The van der Waals surface area contributed by atoms with Crippen LogP contribution in [-0.2, 0) is 7.05 Å². The van der Waals surface area contributed by atoms with Gasteiger partial charge in [-0.25, -0.2) is 0 Å². The number of hydrogen-bond acceptors (Lipinski definition) is 3. The first-order valence-corrected chi connectivity index (χ1v) is 9.21. The molecule has 1 aromatic carbocycles. The molecule has 5 nitrogen and oxygen atoms in total. The lowest BCUT2D eigenvalue weighted by molar-refractivity contribution is 0.0933. The van der Waals surface area contributed by atoms with Gasteiger partial charge in [-0.15, -0.1) is 0 Å². The second-order valence-corrected chi connectivity index (χ2v) is 6.63. The third kappa shape index (κ3) is 4.34. The van der Waals surface area contributed by atoms with Gasteiger partial charge in [0.2, 0.25) is 0 Å². The first-order chi connectivity index (χ1) is 12.4. The van der Waals surface area contributed by atoms with Crippen molar-refractivity contribution >= 4 is 17.5 Å². The van der Waals surface area contributed by atoms with Crippen molar-refractivity contribution in [2.75, 3.05) is 19.6 Å². The van der Waals surface area contributed by atoms with E-state index in [9.17, 15) is 9.59 Å². The quantitative estimate of drug-likeness (QED) is 0.808. The number of hydrogen-bond donors (Lipinski definition) is 1. The number of carbonyl (C=O) groups excluding carboxylic acids is 1. The molecule has 1 N–H and O–H groups in total. The third-order valence-corrected chi connectivity index (χ3v) is 5.12. The highest BCUT2D eigenvalue weighted by Gasteiger charge is 2.22. The minimum absolute atomic E-state index is 0.0584. The van der Waals surface area contributed by atoms with Crippen LogP contribution in [0, 0.1) is 6.92 Å². The molecule has 2 aromatic rings. The van der Waals surface area contributed by atoms with E-state index in [1.807, 2.05) is 31.2 Å². The Kier molecular flexibility index (Phi) is 7.00. The molecule has 2 rings (SSSR count). The average Bonchev–Trinajstić information content (AvgIpc) is 2.64. The van der Waals surface area contributed by atoms with Gasteiger partial charge >= 0.3 is 0 Å². The van der Waals surface area contributed by atoms with Crippen LogP contribution in [0.3, 0.4) is 0 Å². The van der Waals surface area contributed by atoms with Crippen LogP contribution in [-0.4, -0.2) is 35.0 Å². The molecule has 0 unspecified atom stereocenters. The number of amides is 1. The van der Waals surface area contributed by atoms with Gasteiger partial charge in [-0.05, 0) is 43.8 Å². The maximum absolute atomic E-state index is 12.6. The second kappa shape index (κ2) is 9.01. The highest BCUT2D eigenvalue weighted by atomic mass is 35.5. The van der Waals surface area contributed by atoms with Crippen molar-refractivity contribution in [3.63, 3.8) is 0 Å². The highest BCUT2D eigenvalue weighted by Crippen LogP contribution is 2.27. The number of likely N-dealkylation sites (N-methyl/N-ethyl adjacent to an activating group) is 1. The lowest BCUT2D eigenvalue weighted by Gasteiger charge is -2.30. The van der Waals surface area contributed by atoms with Gasteiger partial charge in [0.05, 0.1) is 6.04 Å². The summed E-state index contributed by atoms with van der Waals surface area (Å²) in [5, 5.41) is 3.58. The Bertz CT molecular complexity index is 828. The molecule has 0 spiro atoms. The lowest BCUT2D eigenvalue weighted by atomic mass is 10.0. The number of benzene rings is 1. The Labute approximate surface area is 159 Å². The fraction of sp³-hybridized carbons (Fsp3) is 0.400. The first kappa shape index (κ1) is 20.2. The zero-order valence-electron chi connectivity index (χ0n) is 15.8. The molecule has 6 heteroatoms. The van der Waals surface area contributed by atoms with Gasteiger partial charge in [0, 0.05) is 24.3 Å². The Morgan fingerprint density at radius 3 is 2.46 bits per heavy atom. The summed E-state index contributed by atoms with van der Waals surface area (Å²) in [6, 6.07) is 10.9. The van der Waals surface area contributed by atoms with E-state index in [0.29, 0.717) is 11.6 Å². The fourth-order valence-corrected chi connectivity index (χ4v) is 3.29. The lowest BCUT2D eigenvalue weighted by Crippen LogP contribution is -2.40.